The van der Waals surface area contributed by atoms with Crippen molar-refractivity contribution >= 4 is 18.1 Å². The van der Waals surface area contributed by atoms with Crippen molar-refractivity contribution in [3.63, 3.8) is 0 Å². The molecule has 0 aromatic carbocycles. The minimum absolute atomic E-state index is 0.0185. The Balaban J connectivity index is 3.45. The third kappa shape index (κ3) is 10.5. The van der Waals surface area contributed by atoms with Crippen LogP contribution < -0.4 is 11.1 Å². The van der Waals surface area contributed by atoms with E-state index in [9.17, 15) is 14.4 Å². The molecule has 0 spiro atoms. The van der Waals surface area contributed by atoms with Crippen LogP contribution in [0.2, 0.25) is 0 Å². The van der Waals surface area contributed by atoms with E-state index in [0.717, 1.165) is 19.3 Å². The molecule has 2 amide bonds. The molecule has 0 saturated carbocycles. The van der Waals surface area contributed by atoms with E-state index in [1.807, 2.05) is 0 Å². The van der Waals surface area contributed by atoms with E-state index >= 15 is 0 Å². The van der Waals surface area contributed by atoms with Crippen LogP contribution in [0.25, 0.3) is 0 Å². The summed E-state index contributed by atoms with van der Waals surface area (Å²) in [6.07, 6.45) is 3.87. The summed E-state index contributed by atoms with van der Waals surface area (Å²) in [5, 5.41) is 2.71. The van der Waals surface area contributed by atoms with Gasteiger partial charge in [0.1, 0.15) is 12.9 Å². The van der Waals surface area contributed by atoms with Gasteiger partial charge in [-0.2, -0.15) is 0 Å². The van der Waals surface area contributed by atoms with Crippen molar-refractivity contribution in [2.45, 2.75) is 25.7 Å². The lowest BCUT2D eigenvalue weighted by Gasteiger charge is -2.13. The van der Waals surface area contributed by atoms with E-state index in [4.69, 9.17) is 10.5 Å². The maximum Gasteiger partial charge on any atom is 0.248 e. The molecule has 7 nitrogen and oxygen atoms in total. The summed E-state index contributed by atoms with van der Waals surface area (Å²) in [5.41, 5.74) is 5.36. The van der Waals surface area contributed by atoms with Gasteiger partial charge in [-0.05, 0) is 19.4 Å². The summed E-state index contributed by atoms with van der Waals surface area (Å²) < 4.78 is 5.12. The molecule has 0 fully saturated rings. The zero-order chi connectivity index (χ0) is 15.2. The molecule has 20 heavy (non-hydrogen) atoms. The van der Waals surface area contributed by atoms with E-state index in [0.29, 0.717) is 25.8 Å². The van der Waals surface area contributed by atoms with E-state index < -0.39 is 0 Å². The Morgan fingerprint density at radius 1 is 1.30 bits per heavy atom. The highest BCUT2D eigenvalue weighted by Gasteiger charge is 2.07. The number of amides is 2. The van der Waals surface area contributed by atoms with Gasteiger partial charge in [-0.1, -0.05) is 6.42 Å². The Bertz CT molecular complexity index is 297. The Kier molecular flexibility index (Phi) is 11.6. The average Bonchev–Trinajstić information content (AvgIpc) is 2.43. The maximum atomic E-state index is 11.4. The van der Waals surface area contributed by atoms with Gasteiger partial charge in [-0.15, -0.1) is 0 Å². The Morgan fingerprint density at radius 3 is 2.70 bits per heavy atom. The van der Waals surface area contributed by atoms with Gasteiger partial charge in [0.2, 0.25) is 11.8 Å². The SMILES string of the molecule is CN(CC=O)C(=O)COCCNC(=O)CCCCCN. The molecule has 0 aromatic heterocycles. The molecule has 0 aliphatic heterocycles. The fourth-order valence-corrected chi connectivity index (χ4v) is 1.44. The standard InChI is InChI=1S/C13H25N3O4/c1-16(8-9-17)13(19)11-20-10-7-15-12(18)5-3-2-4-6-14/h9H,2-8,10-11,14H2,1H3,(H,15,18). The smallest absolute Gasteiger partial charge is 0.248 e. The molecule has 0 radical (unpaired) electrons. The predicted molar refractivity (Wildman–Crippen MR) is 75.1 cm³/mol. The zero-order valence-corrected chi connectivity index (χ0v) is 12.1. The van der Waals surface area contributed by atoms with Gasteiger partial charge >= 0.3 is 0 Å². The number of likely N-dealkylation sites (N-methyl/N-ethyl adjacent to an activating group) is 1. The largest absolute Gasteiger partial charge is 0.370 e. The van der Waals surface area contributed by atoms with Crippen LogP contribution in [0.1, 0.15) is 25.7 Å². The lowest BCUT2D eigenvalue weighted by atomic mass is 10.2. The molecule has 116 valence electrons. The molecule has 0 aliphatic carbocycles. The number of nitrogens with two attached hydrogens (primary N) is 1. The molecule has 0 aliphatic rings. The number of aldehydes is 1. The van der Waals surface area contributed by atoms with E-state index in [2.05, 4.69) is 5.32 Å². The van der Waals surface area contributed by atoms with Gasteiger partial charge in [-0.3, -0.25) is 9.59 Å². The summed E-state index contributed by atoms with van der Waals surface area (Å²) in [6, 6.07) is 0. The third-order valence-electron chi connectivity index (χ3n) is 2.68. The van der Waals surface area contributed by atoms with E-state index in [1.54, 1.807) is 0 Å². The number of unbranched alkanes of at least 4 members (excludes halogenated alkanes) is 2. The van der Waals surface area contributed by atoms with E-state index in [1.165, 1.54) is 11.9 Å². The van der Waals surface area contributed by atoms with Crippen LogP contribution in [0, 0.1) is 0 Å². The number of hydrogen-bond acceptors (Lipinski definition) is 5. The van der Waals surface area contributed by atoms with Crippen molar-refractivity contribution in [2.75, 3.05) is 39.9 Å². The summed E-state index contributed by atoms with van der Waals surface area (Å²) >= 11 is 0. The average molecular weight is 287 g/mol. The van der Waals surface area contributed by atoms with Crippen LogP contribution in [0.3, 0.4) is 0 Å². The number of rotatable bonds is 12. The molecule has 0 unspecified atom stereocenters. The highest BCUT2D eigenvalue weighted by atomic mass is 16.5. The van der Waals surface area contributed by atoms with Crippen molar-refractivity contribution in [2.24, 2.45) is 5.73 Å². The second-order valence-electron chi connectivity index (χ2n) is 4.44. The quantitative estimate of drug-likeness (QED) is 0.365. The van der Waals surface area contributed by atoms with Crippen LogP contribution in [0.4, 0.5) is 0 Å². The van der Waals surface area contributed by atoms with Crippen LogP contribution in [-0.2, 0) is 19.1 Å². The fraction of sp³-hybridized carbons (Fsp3) is 0.769. The molecule has 0 heterocycles. The number of ether oxygens (including phenoxy) is 1. The second kappa shape index (κ2) is 12.6. The molecule has 0 saturated heterocycles. The maximum absolute atomic E-state index is 11.4. The van der Waals surface area contributed by atoms with Crippen molar-refractivity contribution in [1.29, 1.82) is 0 Å². The third-order valence-corrected chi connectivity index (χ3v) is 2.68. The van der Waals surface area contributed by atoms with Crippen LogP contribution in [0.15, 0.2) is 0 Å². The summed E-state index contributed by atoms with van der Waals surface area (Å²) in [7, 11) is 1.53. The highest BCUT2D eigenvalue weighted by molar-refractivity contribution is 5.79. The first-order chi connectivity index (χ1) is 9.61. The number of carbonyl (C=O) groups excluding carboxylic acids is 3. The van der Waals surface area contributed by atoms with Crippen LogP contribution in [0.5, 0.6) is 0 Å². The highest BCUT2D eigenvalue weighted by Crippen LogP contribution is 1.97. The molecular formula is C13H25N3O4. The van der Waals surface area contributed by atoms with Gasteiger partial charge in [0.25, 0.3) is 0 Å². The minimum atomic E-state index is -0.259. The Morgan fingerprint density at radius 2 is 2.05 bits per heavy atom. The monoisotopic (exact) mass is 287 g/mol. The normalized spacial score (nSPS) is 10.1. The summed E-state index contributed by atoms with van der Waals surface area (Å²) in [5.74, 6) is -0.278. The first kappa shape index (κ1) is 18.5. The molecule has 3 N–H and O–H groups in total. The zero-order valence-electron chi connectivity index (χ0n) is 12.1. The molecule has 0 aromatic rings. The molecule has 7 heteroatoms. The number of nitrogens with zero attached hydrogens (tertiary/aromatic N) is 1. The lowest BCUT2D eigenvalue weighted by Crippen LogP contribution is -2.33. The van der Waals surface area contributed by atoms with Gasteiger partial charge in [-0.25, -0.2) is 0 Å². The minimum Gasteiger partial charge on any atom is -0.370 e. The lowest BCUT2D eigenvalue weighted by molar-refractivity contribution is -0.136. The first-order valence-corrected chi connectivity index (χ1v) is 6.84. The fourth-order valence-electron chi connectivity index (χ4n) is 1.44. The van der Waals surface area contributed by atoms with Gasteiger partial charge < -0.3 is 25.5 Å². The number of hydrogen-bond donors (Lipinski definition) is 2. The van der Waals surface area contributed by atoms with Crippen LogP contribution >= 0.6 is 0 Å². The van der Waals surface area contributed by atoms with Crippen molar-refractivity contribution in [1.82, 2.24) is 10.2 Å². The van der Waals surface area contributed by atoms with Crippen molar-refractivity contribution in [3.05, 3.63) is 0 Å². The van der Waals surface area contributed by atoms with Crippen molar-refractivity contribution in [3.8, 4) is 0 Å². The van der Waals surface area contributed by atoms with Gasteiger partial charge in [0.15, 0.2) is 0 Å². The summed E-state index contributed by atoms with van der Waals surface area (Å²) in [6.45, 7) is 1.27. The molecule has 0 bridgehead atoms. The van der Waals surface area contributed by atoms with Crippen molar-refractivity contribution < 1.29 is 19.1 Å². The number of carbonyl (C=O) groups is 3. The topological polar surface area (TPSA) is 102 Å². The second-order valence-corrected chi connectivity index (χ2v) is 4.44. The predicted octanol–water partition coefficient (Wildman–Crippen LogP) is -0.704. The van der Waals surface area contributed by atoms with E-state index in [-0.39, 0.29) is 31.6 Å². The molecular weight excluding hydrogens is 262 g/mol. The van der Waals surface area contributed by atoms with Gasteiger partial charge in [0.05, 0.1) is 13.2 Å². The molecule has 0 atom stereocenters. The Labute approximate surface area is 119 Å². The molecule has 0 rings (SSSR count). The summed E-state index contributed by atoms with van der Waals surface area (Å²) in [4.78, 5) is 34.3. The first-order valence-electron chi connectivity index (χ1n) is 6.84. The van der Waals surface area contributed by atoms with Gasteiger partial charge in [0, 0.05) is 20.0 Å². The Hall–Kier alpha value is -1.47. The van der Waals surface area contributed by atoms with Crippen LogP contribution in [-0.4, -0.2) is 62.9 Å². The number of nitrogens with one attached hydrogen (secondary N) is 1.